The minimum atomic E-state index is -0.468. The Labute approximate surface area is 152 Å². The largest absolute Gasteiger partial charge is 0.414 e. The number of hydrogen-bond donors (Lipinski definition) is 1. The van der Waals surface area contributed by atoms with Crippen molar-refractivity contribution in [2.24, 2.45) is 0 Å². The van der Waals surface area contributed by atoms with Gasteiger partial charge in [0, 0.05) is 32.3 Å². The second kappa shape index (κ2) is 8.11. The molecule has 0 unspecified atom stereocenters. The summed E-state index contributed by atoms with van der Waals surface area (Å²) < 4.78 is 5.50. The molecule has 0 atom stereocenters. The molecule has 0 aliphatic carbocycles. The maximum atomic E-state index is 12.0. The molecule has 0 radical (unpaired) electrons. The summed E-state index contributed by atoms with van der Waals surface area (Å²) in [5.41, 5.74) is 2.47. The van der Waals surface area contributed by atoms with Crippen LogP contribution >= 0.6 is 0 Å². The van der Waals surface area contributed by atoms with Crippen molar-refractivity contribution in [1.82, 2.24) is 15.1 Å². The first-order valence-electron chi connectivity index (χ1n) is 8.23. The molecule has 132 valence electrons. The van der Waals surface area contributed by atoms with Crippen LogP contribution < -0.4 is 10.1 Å². The lowest BCUT2D eigenvalue weighted by molar-refractivity contribution is 0.172. The molecule has 0 saturated carbocycles. The maximum Gasteiger partial charge on any atom is 0.414 e. The van der Waals surface area contributed by atoms with Crippen LogP contribution in [0.2, 0.25) is 0 Å². The predicted octanol–water partition coefficient (Wildman–Crippen LogP) is 3.82. The smallest absolute Gasteiger partial charge is 0.408 e. The molecule has 1 amide bonds. The van der Waals surface area contributed by atoms with Gasteiger partial charge >= 0.3 is 6.09 Å². The Morgan fingerprint density at radius 3 is 2.31 bits per heavy atom. The minimum absolute atomic E-state index is 0.362. The molecule has 1 heterocycles. The molecule has 1 aromatic heterocycles. The number of benzene rings is 2. The number of rotatable bonds is 5. The van der Waals surface area contributed by atoms with Crippen LogP contribution in [0.3, 0.4) is 0 Å². The van der Waals surface area contributed by atoms with Crippen LogP contribution in [0.15, 0.2) is 66.7 Å². The van der Waals surface area contributed by atoms with Crippen LogP contribution in [0.25, 0.3) is 11.3 Å². The quantitative estimate of drug-likeness (QED) is 0.759. The SMILES string of the molecule is CN(C)C(=O)Oc1cc(NCc2ccccc2)nnc1-c1ccccc1. The summed E-state index contributed by atoms with van der Waals surface area (Å²) in [6, 6.07) is 21.2. The van der Waals surface area contributed by atoms with Gasteiger partial charge in [-0.2, -0.15) is 0 Å². The summed E-state index contributed by atoms with van der Waals surface area (Å²) in [6.45, 7) is 0.598. The van der Waals surface area contributed by atoms with E-state index in [1.807, 2.05) is 60.7 Å². The maximum absolute atomic E-state index is 12.0. The first-order valence-corrected chi connectivity index (χ1v) is 8.23. The van der Waals surface area contributed by atoms with Gasteiger partial charge in [0.2, 0.25) is 0 Å². The zero-order valence-corrected chi connectivity index (χ0v) is 14.7. The van der Waals surface area contributed by atoms with E-state index in [9.17, 15) is 4.79 Å². The Hall–Kier alpha value is -3.41. The molecule has 3 rings (SSSR count). The Morgan fingerprint density at radius 1 is 1.00 bits per heavy atom. The van der Waals surface area contributed by atoms with Gasteiger partial charge in [-0.15, -0.1) is 10.2 Å². The highest BCUT2D eigenvalue weighted by Gasteiger charge is 2.15. The van der Waals surface area contributed by atoms with Gasteiger partial charge in [0.15, 0.2) is 11.6 Å². The molecule has 0 saturated heterocycles. The van der Waals surface area contributed by atoms with Crippen LogP contribution in [-0.4, -0.2) is 35.3 Å². The number of nitrogens with one attached hydrogen (secondary N) is 1. The molecular weight excluding hydrogens is 328 g/mol. The number of carbonyl (C=O) groups is 1. The summed E-state index contributed by atoms with van der Waals surface area (Å²) in [5.74, 6) is 0.899. The van der Waals surface area contributed by atoms with Gasteiger partial charge in [-0.1, -0.05) is 60.7 Å². The Kier molecular flexibility index (Phi) is 5.43. The van der Waals surface area contributed by atoms with Crippen molar-refractivity contribution in [1.29, 1.82) is 0 Å². The molecule has 0 bridgehead atoms. The lowest BCUT2D eigenvalue weighted by atomic mass is 10.1. The van der Waals surface area contributed by atoms with E-state index < -0.39 is 6.09 Å². The van der Waals surface area contributed by atoms with Crippen molar-refractivity contribution in [2.45, 2.75) is 6.54 Å². The van der Waals surface area contributed by atoms with E-state index in [0.717, 1.165) is 11.1 Å². The van der Waals surface area contributed by atoms with Crippen molar-refractivity contribution >= 4 is 11.9 Å². The van der Waals surface area contributed by atoms with Gasteiger partial charge in [-0.3, -0.25) is 0 Å². The summed E-state index contributed by atoms with van der Waals surface area (Å²) in [4.78, 5) is 13.4. The van der Waals surface area contributed by atoms with E-state index in [-0.39, 0.29) is 0 Å². The summed E-state index contributed by atoms with van der Waals surface area (Å²) in [5, 5.41) is 11.7. The van der Waals surface area contributed by atoms with Crippen LogP contribution in [0.5, 0.6) is 5.75 Å². The monoisotopic (exact) mass is 348 g/mol. The van der Waals surface area contributed by atoms with Crippen molar-refractivity contribution in [3.8, 4) is 17.0 Å². The van der Waals surface area contributed by atoms with Crippen LogP contribution in [-0.2, 0) is 6.54 Å². The third-order valence-electron chi connectivity index (χ3n) is 3.69. The highest BCUT2D eigenvalue weighted by atomic mass is 16.6. The third-order valence-corrected chi connectivity index (χ3v) is 3.69. The van der Waals surface area contributed by atoms with E-state index in [2.05, 4.69) is 15.5 Å². The molecule has 26 heavy (non-hydrogen) atoms. The van der Waals surface area contributed by atoms with Crippen molar-refractivity contribution in [3.63, 3.8) is 0 Å². The van der Waals surface area contributed by atoms with E-state index in [0.29, 0.717) is 23.8 Å². The normalized spacial score (nSPS) is 10.2. The first kappa shape index (κ1) is 17.4. The Balaban J connectivity index is 1.87. The average Bonchev–Trinajstić information content (AvgIpc) is 2.68. The lowest BCUT2D eigenvalue weighted by Crippen LogP contribution is -2.25. The Morgan fingerprint density at radius 2 is 1.65 bits per heavy atom. The van der Waals surface area contributed by atoms with Gasteiger partial charge in [0.05, 0.1) is 0 Å². The highest BCUT2D eigenvalue weighted by Crippen LogP contribution is 2.29. The molecule has 6 nitrogen and oxygen atoms in total. The number of hydrogen-bond acceptors (Lipinski definition) is 5. The number of amides is 1. The fourth-order valence-corrected chi connectivity index (χ4v) is 2.31. The number of anilines is 1. The zero-order valence-electron chi connectivity index (χ0n) is 14.7. The summed E-state index contributed by atoms with van der Waals surface area (Å²) >= 11 is 0. The van der Waals surface area contributed by atoms with Gasteiger partial charge in [0.25, 0.3) is 0 Å². The van der Waals surface area contributed by atoms with Crippen molar-refractivity contribution < 1.29 is 9.53 Å². The molecule has 0 aliphatic heterocycles. The second-order valence-electron chi connectivity index (χ2n) is 5.91. The summed E-state index contributed by atoms with van der Waals surface area (Å²) in [6.07, 6.45) is -0.468. The van der Waals surface area contributed by atoms with E-state index in [4.69, 9.17) is 4.74 Å². The number of carbonyl (C=O) groups excluding carboxylic acids is 1. The molecule has 2 aromatic carbocycles. The standard InChI is InChI=1S/C20H20N4O2/c1-24(2)20(25)26-17-13-18(21-14-15-9-5-3-6-10-15)22-23-19(17)16-11-7-4-8-12-16/h3-13H,14H2,1-2H3,(H,21,22). The number of aromatic nitrogens is 2. The fraction of sp³-hybridized carbons (Fsp3) is 0.150. The molecular formula is C20H20N4O2. The van der Waals surface area contributed by atoms with E-state index in [1.165, 1.54) is 4.90 Å². The van der Waals surface area contributed by atoms with Crippen molar-refractivity contribution in [2.75, 3.05) is 19.4 Å². The van der Waals surface area contributed by atoms with Crippen LogP contribution in [0.4, 0.5) is 10.6 Å². The fourth-order valence-electron chi connectivity index (χ4n) is 2.31. The minimum Gasteiger partial charge on any atom is -0.408 e. The molecule has 0 fully saturated rings. The topological polar surface area (TPSA) is 67.3 Å². The van der Waals surface area contributed by atoms with Gasteiger partial charge in [0.1, 0.15) is 5.69 Å². The molecule has 6 heteroatoms. The number of nitrogens with zero attached hydrogens (tertiary/aromatic N) is 3. The highest BCUT2D eigenvalue weighted by molar-refractivity contribution is 5.75. The lowest BCUT2D eigenvalue weighted by Gasteiger charge is -2.14. The first-order chi connectivity index (χ1) is 12.6. The average molecular weight is 348 g/mol. The van der Waals surface area contributed by atoms with Crippen LogP contribution in [0.1, 0.15) is 5.56 Å². The summed E-state index contributed by atoms with van der Waals surface area (Å²) in [7, 11) is 3.27. The van der Waals surface area contributed by atoms with Gasteiger partial charge in [-0.05, 0) is 5.56 Å². The van der Waals surface area contributed by atoms with Gasteiger partial charge < -0.3 is 15.0 Å². The molecule has 0 spiro atoms. The number of ether oxygens (including phenoxy) is 1. The second-order valence-corrected chi connectivity index (χ2v) is 5.91. The van der Waals surface area contributed by atoms with Gasteiger partial charge in [-0.25, -0.2) is 4.79 Å². The zero-order chi connectivity index (χ0) is 18.4. The molecule has 0 aliphatic rings. The van der Waals surface area contributed by atoms with E-state index >= 15 is 0 Å². The third kappa shape index (κ3) is 4.36. The van der Waals surface area contributed by atoms with Crippen molar-refractivity contribution in [3.05, 3.63) is 72.3 Å². The Bertz CT molecular complexity index is 867. The molecule has 1 N–H and O–H groups in total. The predicted molar refractivity (Wildman–Crippen MR) is 101 cm³/mol. The van der Waals surface area contributed by atoms with Crippen LogP contribution in [0, 0.1) is 0 Å². The van der Waals surface area contributed by atoms with E-state index in [1.54, 1.807) is 20.2 Å². The molecule has 3 aromatic rings.